The average Bonchev–Trinajstić information content (AvgIpc) is 3.24. The normalized spacial score (nSPS) is 20.3. The first-order valence-electron chi connectivity index (χ1n) is 7.94. The van der Waals surface area contributed by atoms with E-state index in [2.05, 4.69) is 0 Å². The van der Waals surface area contributed by atoms with Crippen LogP contribution >= 0.6 is 11.3 Å². The van der Waals surface area contributed by atoms with Crippen LogP contribution in [0.25, 0.3) is 10.2 Å². The minimum atomic E-state index is -2.66. The summed E-state index contributed by atoms with van der Waals surface area (Å²) in [5.41, 5.74) is -0.240. The highest BCUT2D eigenvalue weighted by molar-refractivity contribution is 7.20. The zero-order chi connectivity index (χ0) is 17.2. The Morgan fingerprint density at radius 3 is 2.50 bits per heavy atom. The molecule has 0 bridgehead atoms. The topological polar surface area (TPSA) is 61.1 Å². The summed E-state index contributed by atoms with van der Waals surface area (Å²) >= 11 is 1.09. The van der Waals surface area contributed by atoms with Gasteiger partial charge in [0.2, 0.25) is 5.92 Å². The number of hydrogen-bond acceptors (Lipinski definition) is 4. The number of aldehydes is 1. The van der Waals surface area contributed by atoms with Crippen molar-refractivity contribution < 1.29 is 13.6 Å². The van der Waals surface area contributed by atoms with Crippen LogP contribution in [0.1, 0.15) is 47.0 Å². The monoisotopic (exact) mass is 354 g/mol. The molecule has 2 aliphatic carbocycles. The lowest BCUT2D eigenvalue weighted by Gasteiger charge is -2.35. The second-order valence-corrected chi connectivity index (χ2v) is 7.85. The van der Waals surface area contributed by atoms with Gasteiger partial charge in [0, 0.05) is 25.4 Å². The largest absolute Gasteiger partial charge is 0.332 e. The molecule has 2 aromatic heterocycles. The van der Waals surface area contributed by atoms with E-state index in [9.17, 15) is 23.2 Å². The Bertz CT molecular complexity index is 960. The molecule has 128 valence electrons. The van der Waals surface area contributed by atoms with Gasteiger partial charge in [-0.2, -0.15) is 0 Å². The second-order valence-electron chi connectivity index (χ2n) is 6.82. The molecule has 0 amide bonds. The first-order valence-corrected chi connectivity index (χ1v) is 8.75. The smallest absolute Gasteiger partial charge is 0.297 e. The van der Waals surface area contributed by atoms with Crippen LogP contribution in [0.2, 0.25) is 0 Å². The third-order valence-corrected chi connectivity index (χ3v) is 6.15. The van der Waals surface area contributed by atoms with Crippen LogP contribution in [-0.4, -0.2) is 21.3 Å². The number of alkyl halides is 2. The molecule has 0 atom stereocenters. The number of nitrogens with zero attached hydrogens (tertiary/aromatic N) is 2. The van der Waals surface area contributed by atoms with Crippen LogP contribution in [0.5, 0.6) is 0 Å². The summed E-state index contributed by atoms with van der Waals surface area (Å²) in [7, 11) is 0. The summed E-state index contributed by atoms with van der Waals surface area (Å²) in [5, 5.41) is 0.375. The van der Waals surface area contributed by atoms with Gasteiger partial charge < -0.3 is 0 Å². The van der Waals surface area contributed by atoms with Crippen LogP contribution in [0.4, 0.5) is 8.78 Å². The molecule has 0 saturated heterocycles. The summed E-state index contributed by atoms with van der Waals surface area (Å²) in [5.74, 6) is -2.94. The molecule has 2 saturated carbocycles. The van der Waals surface area contributed by atoms with Crippen molar-refractivity contribution in [2.24, 2.45) is 5.92 Å². The van der Waals surface area contributed by atoms with Crippen molar-refractivity contribution in [1.29, 1.82) is 0 Å². The minimum absolute atomic E-state index is 0.109. The maximum absolute atomic E-state index is 13.1. The van der Waals surface area contributed by atoms with Crippen LogP contribution in [0.3, 0.4) is 0 Å². The Balaban J connectivity index is 1.92. The Kier molecular flexibility index (Phi) is 3.32. The van der Waals surface area contributed by atoms with Gasteiger partial charge in [-0.1, -0.05) is 0 Å². The zero-order valence-electron chi connectivity index (χ0n) is 13.1. The number of rotatable bonds is 4. The van der Waals surface area contributed by atoms with Crippen LogP contribution in [-0.2, 0) is 6.54 Å². The van der Waals surface area contributed by atoms with Crippen molar-refractivity contribution in [3.63, 3.8) is 0 Å². The van der Waals surface area contributed by atoms with Gasteiger partial charge in [0.05, 0.1) is 10.3 Å². The number of aryl methyl sites for hydroxylation is 1. The van der Waals surface area contributed by atoms with Crippen molar-refractivity contribution in [1.82, 2.24) is 9.13 Å². The van der Waals surface area contributed by atoms with Gasteiger partial charge in [-0.15, -0.1) is 11.3 Å². The number of carbonyl (C=O) groups excluding carboxylic acids is 1. The van der Waals surface area contributed by atoms with E-state index < -0.39 is 11.6 Å². The molecular formula is C16H16F2N2O3S. The van der Waals surface area contributed by atoms with E-state index in [1.54, 1.807) is 6.92 Å². The highest BCUT2D eigenvalue weighted by Crippen LogP contribution is 2.43. The summed E-state index contributed by atoms with van der Waals surface area (Å²) in [4.78, 5) is 37.6. The predicted molar refractivity (Wildman–Crippen MR) is 86.4 cm³/mol. The summed E-state index contributed by atoms with van der Waals surface area (Å²) < 4.78 is 28.9. The summed E-state index contributed by atoms with van der Waals surface area (Å²) in [6.07, 6.45) is 1.73. The van der Waals surface area contributed by atoms with Crippen molar-refractivity contribution in [2.45, 2.75) is 51.1 Å². The van der Waals surface area contributed by atoms with Gasteiger partial charge in [-0.3, -0.25) is 18.7 Å². The van der Waals surface area contributed by atoms with Crippen LogP contribution in [0, 0.1) is 12.8 Å². The first kappa shape index (κ1) is 15.7. The Hall–Kier alpha value is -1.83. The Morgan fingerprint density at radius 1 is 1.29 bits per heavy atom. The van der Waals surface area contributed by atoms with Crippen molar-refractivity contribution >= 4 is 27.8 Å². The molecule has 24 heavy (non-hydrogen) atoms. The van der Waals surface area contributed by atoms with Crippen molar-refractivity contribution in [2.75, 3.05) is 0 Å². The molecule has 0 N–H and O–H groups in total. The fourth-order valence-corrected chi connectivity index (χ4v) is 4.60. The Labute approximate surface area is 139 Å². The minimum Gasteiger partial charge on any atom is -0.297 e. The highest BCUT2D eigenvalue weighted by Gasteiger charge is 2.45. The molecular weight excluding hydrogens is 338 g/mol. The van der Waals surface area contributed by atoms with Crippen LogP contribution in [0.15, 0.2) is 9.59 Å². The van der Waals surface area contributed by atoms with Gasteiger partial charge >= 0.3 is 5.69 Å². The molecule has 2 aliphatic rings. The molecule has 2 aromatic rings. The van der Waals surface area contributed by atoms with E-state index in [1.807, 2.05) is 0 Å². The predicted octanol–water partition coefficient (Wildman–Crippen LogP) is 2.73. The number of hydrogen-bond donors (Lipinski definition) is 0. The first-order chi connectivity index (χ1) is 11.3. The zero-order valence-corrected chi connectivity index (χ0v) is 13.9. The molecule has 0 radical (unpaired) electrons. The van der Waals surface area contributed by atoms with E-state index in [0.29, 0.717) is 26.9 Å². The lowest BCUT2D eigenvalue weighted by molar-refractivity contribution is -0.114. The van der Waals surface area contributed by atoms with E-state index in [0.717, 1.165) is 24.2 Å². The number of aromatic nitrogens is 2. The maximum atomic E-state index is 13.1. The summed E-state index contributed by atoms with van der Waals surface area (Å²) in [6.45, 7) is 1.85. The van der Waals surface area contributed by atoms with E-state index in [-0.39, 0.29) is 36.9 Å². The lowest BCUT2D eigenvalue weighted by atomic mass is 9.81. The quantitative estimate of drug-likeness (QED) is 0.793. The number of thiophene rings is 1. The number of carbonyl (C=O) groups is 1. The third kappa shape index (κ3) is 2.27. The lowest BCUT2D eigenvalue weighted by Crippen LogP contribution is -2.44. The molecule has 0 aromatic carbocycles. The van der Waals surface area contributed by atoms with Gasteiger partial charge in [-0.25, -0.2) is 13.6 Å². The third-order valence-electron chi connectivity index (χ3n) is 4.91. The van der Waals surface area contributed by atoms with Crippen molar-refractivity contribution in [3.8, 4) is 0 Å². The highest BCUT2D eigenvalue weighted by atomic mass is 32.1. The fraction of sp³-hybridized carbons (Fsp3) is 0.562. The standard InChI is InChI=1S/C16H16F2N2O3S/c1-8-11(7-21)24-14-12(8)13(22)20(10-2-3-10)15(23)19(14)6-9-4-16(17,18)5-9/h7,9-10H,2-6H2,1H3. The van der Waals surface area contributed by atoms with E-state index in [4.69, 9.17) is 0 Å². The molecule has 4 rings (SSSR count). The van der Waals surface area contributed by atoms with Gasteiger partial charge in [-0.05, 0) is 31.2 Å². The second kappa shape index (κ2) is 5.08. The SMILES string of the molecule is Cc1c(C=O)sc2c1c(=O)n(C1CC1)c(=O)n2CC1CC(F)(F)C1. The van der Waals surface area contributed by atoms with E-state index in [1.165, 1.54) is 9.13 Å². The molecule has 0 aliphatic heterocycles. The van der Waals surface area contributed by atoms with Crippen molar-refractivity contribution in [3.05, 3.63) is 31.3 Å². The molecule has 0 unspecified atom stereocenters. The van der Waals surface area contributed by atoms with Crippen LogP contribution < -0.4 is 11.2 Å². The molecule has 0 spiro atoms. The Morgan fingerprint density at radius 2 is 1.96 bits per heavy atom. The van der Waals surface area contributed by atoms with E-state index >= 15 is 0 Å². The molecule has 8 heteroatoms. The number of halogens is 2. The molecule has 2 fully saturated rings. The fourth-order valence-electron chi connectivity index (χ4n) is 3.48. The average molecular weight is 354 g/mol. The summed E-state index contributed by atoms with van der Waals surface area (Å²) in [6, 6.07) is -0.109. The van der Waals surface area contributed by atoms with Gasteiger partial charge in [0.15, 0.2) is 6.29 Å². The van der Waals surface area contributed by atoms with Gasteiger partial charge in [0.25, 0.3) is 5.56 Å². The molecule has 5 nitrogen and oxygen atoms in total. The maximum Gasteiger partial charge on any atom is 0.332 e. The number of fused-ring (bicyclic) bond motifs is 1. The molecule has 2 heterocycles. The van der Waals surface area contributed by atoms with Gasteiger partial charge in [0.1, 0.15) is 4.83 Å².